The minimum Gasteiger partial charge on any atom is -0.287 e. The molecule has 0 heterocycles. The van der Waals surface area contributed by atoms with Gasteiger partial charge in [-0.3, -0.25) is 4.74 Å². The van der Waals surface area contributed by atoms with E-state index in [9.17, 15) is 13.2 Å². The number of rotatable bonds is 7. The first-order chi connectivity index (χ1) is 11.0. The Bertz CT molecular complexity index is 445. The molecule has 0 bridgehead atoms. The van der Waals surface area contributed by atoms with Crippen LogP contribution in [0.5, 0.6) is 0 Å². The fraction of sp³-hybridized carbons (Fsp3) is 0.684. The molecular formula is C19H27F3O. The van der Waals surface area contributed by atoms with Gasteiger partial charge in [-0.15, -0.1) is 13.2 Å². The van der Waals surface area contributed by atoms with E-state index in [1.165, 1.54) is 56.9 Å². The van der Waals surface area contributed by atoms with Crippen molar-refractivity contribution in [2.24, 2.45) is 5.92 Å². The highest BCUT2D eigenvalue weighted by Crippen LogP contribution is 2.37. The maximum absolute atomic E-state index is 12.0. The minimum absolute atomic E-state index is 0.409. The van der Waals surface area contributed by atoms with Crippen LogP contribution in [0.4, 0.5) is 13.2 Å². The largest absolute Gasteiger partial charge is 0.522 e. The smallest absolute Gasteiger partial charge is 0.287 e. The van der Waals surface area contributed by atoms with Gasteiger partial charge in [-0.05, 0) is 48.6 Å². The molecule has 1 aromatic carbocycles. The first kappa shape index (κ1) is 18.3. The fourth-order valence-corrected chi connectivity index (χ4v) is 3.52. The number of unbranched alkanes of at least 4 members (excludes halogenated alkanes) is 2. The molecule has 1 aliphatic rings. The maximum atomic E-state index is 12.0. The molecule has 4 heteroatoms. The number of hydrogen-bond donors (Lipinski definition) is 0. The van der Waals surface area contributed by atoms with Gasteiger partial charge in [0.05, 0.1) is 6.61 Å². The van der Waals surface area contributed by atoms with Crippen LogP contribution < -0.4 is 0 Å². The molecule has 0 radical (unpaired) electrons. The summed E-state index contributed by atoms with van der Waals surface area (Å²) in [5.41, 5.74) is 1.83. The predicted molar refractivity (Wildman–Crippen MR) is 86.1 cm³/mol. The molecule has 130 valence electrons. The highest BCUT2D eigenvalue weighted by atomic mass is 19.4. The summed E-state index contributed by atoms with van der Waals surface area (Å²) in [6.45, 7) is 1.83. The Balaban J connectivity index is 1.77. The molecule has 1 aromatic rings. The van der Waals surface area contributed by atoms with Crippen LogP contribution in [0.25, 0.3) is 0 Å². The molecule has 0 amide bonds. The van der Waals surface area contributed by atoms with E-state index in [1.807, 2.05) is 12.1 Å². The van der Waals surface area contributed by atoms with Gasteiger partial charge in [0.2, 0.25) is 0 Å². The second kappa shape index (κ2) is 8.72. The summed E-state index contributed by atoms with van der Waals surface area (Å²) in [6, 6.07) is 7.46. The molecule has 0 aliphatic heterocycles. The zero-order valence-corrected chi connectivity index (χ0v) is 13.9. The van der Waals surface area contributed by atoms with E-state index in [0.717, 1.165) is 5.92 Å². The summed E-state index contributed by atoms with van der Waals surface area (Å²) in [5.74, 6) is 1.44. The lowest BCUT2D eigenvalue weighted by Crippen LogP contribution is -2.14. The Kier molecular flexibility index (Phi) is 6.94. The van der Waals surface area contributed by atoms with Gasteiger partial charge >= 0.3 is 6.36 Å². The Morgan fingerprint density at radius 3 is 2.22 bits per heavy atom. The van der Waals surface area contributed by atoms with E-state index in [2.05, 4.69) is 11.7 Å². The van der Waals surface area contributed by atoms with E-state index in [-0.39, 0.29) is 0 Å². The van der Waals surface area contributed by atoms with Crippen LogP contribution in [0.15, 0.2) is 24.3 Å². The van der Waals surface area contributed by atoms with Gasteiger partial charge < -0.3 is 0 Å². The first-order valence-electron chi connectivity index (χ1n) is 8.77. The SMILES string of the molecule is CCCCCC1CCC(c2ccc(COC(F)(F)F)cc2)CC1. The van der Waals surface area contributed by atoms with Gasteiger partial charge in [-0.1, -0.05) is 56.9 Å². The van der Waals surface area contributed by atoms with Gasteiger partial charge in [0.25, 0.3) is 0 Å². The van der Waals surface area contributed by atoms with Crippen molar-refractivity contribution in [1.82, 2.24) is 0 Å². The molecule has 23 heavy (non-hydrogen) atoms. The van der Waals surface area contributed by atoms with Crippen LogP contribution in [0.1, 0.15) is 75.3 Å². The van der Waals surface area contributed by atoms with E-state index < -0.39 is 13.0 Å². The highest BCUT2D eigenvalue weighted by Gasteiger charge is 2.29. The average molecular weight is 328 g/mol. The van der Waals surface area contributed by atoms with Crippen molar-refractivity contribution in [3.63, 3.8) is 0 Å². The molecule has 2 rings (SSSR count). The molecule has 0 saturated heterocycles. The molecule has 1 aliphatic carbocycles. The zero-order valence-electron chi connectivity index (χ0n) is 13.9. The van der Waals surface area contributed by atoms with Crippen LogP contribution in [0.2, 0.25) is 0 Å². The lowest BCUT2D eigenvalue weighted by atomic mass is 9.77. The molecule has 0 atom stereocenters. The van der Waals surface area contributed by atoms with Gasteiger partial charge in [0.1, 0.15) is 0 Å². The molecule has 1 nitrogen and oxygen atoms in total. The highest BCUT2D eigenvalue weighted by molar-refractivity contribution is 5.25. The molecule has 0 spiro atoms. The monoisotopic (exact) mass is 328 g/mol. The zero-order chi connectivity index (χ0) is 16.7. The lowest BCUT2D eigenvalue weighted by molar-refractivity contribution is -0.330. The molecular weight excluding hydrogens is 301 g/mol. The van der Waals surface area contributed by atoms with Crippen molar-refractivity contribution < 1.29 is 17.9 Å². The summed E-state index contributed by atoms with van der Waals surface area (Å²) in [7, 11) is 0. The van der Waals surface area contributed by atoms with Gasteiger partial charge in [0.15, 0.2) is 0 Å². The van der Waals surface area contributed by atoms with Crippen molar-refractivity contribution in [2.45, 2.75) is 77.2 Å². The minimum atomic E-state index is -4.56. The van der Waals surface area contributed by atoms with Crippen LogP contribution in [-0.2, 0) is 11.3 Å². The second-order valence-electron chi connectivity index (χ2n) is 6.69. The second-order valence-corrected chi connectivity index (χ2v) is 6.69. The maximum Gasteiger partial charge on any atom is 0.522 e. The van der Waals surface area contributed by atoms with Crippen molar-refractivity contribution >= 4 is 0 Å². The number of benzene rings is 1. The number of ether oxygens (including phenoxy) is 1. The van der Waals surface area contributed by atoms with E-state index in [4.69, 9.17) is 0 Å². The quantitative estimate of drug-likeness (QED) is 0.514. The Hall–Kier alpha value is -1.03. The van der Waals surface area contributed by atoms with Crippen molar-refractivity contribution in [3.05, 3.63) is 35.4 Å². The van der Waals surface area contributed by atoms with E-state index in [0.29, 0.717) is 11.5 Å². The van der Waals surface area contributed by atoms with Crippen LogP contribution in [-0.4, -0.2) is 6.36 Å². The topological polar surface area (TPSA) is 9.23 Å². The molecule has 0 N–H and O–H groups in total. The predicted octanol–water partition coefficient (Wildman–Crippen LogP) is 6.58. The summed E-state index contributed by atoms with van der Waals surface area (Å²) in [4.78, 5) is 0. The van der Waals surface area contributed by atoms with Crippen molar-refractivity contribution in [2.75, 3.05) is 0 Å². The third-order valence-corrected chi connectivity index (χ3v) is 4.92. The van der Waals surface area contributed by atoms with Crippen LogP contribution in [0, 0.1) is 5.92 Å². The molecule has 1 fully saturated rings. The molecule has 0 unspecified atom stereocenters. The van der Waals surface area contributed by atoms with E-state index in [1.54, 1.807) is 12.1 Å². The standard InChI is InChI=1S/C19H27F3O/c1-2-3-4-5-15-6-10-17(11-7-15)18-12-8-16(9-13-18)14-23-19(20,21)22/h8-9,12-13,15,17H,2-7,10-11,14H2,1H3. The number of alkyl halides is 3. The Morgan fingerprint density at radius 1 is 1.00 bits per heavy atom. The summed E-state index contributed by atoms with van der Waals surface area (Å²) < 4.78 is 40.0. The third kappa shape index (κ3) is 6.54. The first-order valence-corrected chi connectivity index (χ1v) is 8.77. The van der Waals surface area contributed by atoms with E-state index >= 15 is 0 Å². The fourth-order valence-electron chi connectivity index (χ4n) is 3.52. The summed E-state index contributed by atoms with van der Waals surface area (Å²) in [6.07, 6.45) is 5.73. The summed E-state index contributed by atoms with van der Waals surface area (Å²) in [5, 5.41) is 0. The third-order valence-electron chi connectivity index (χ3n) is 4.92. The number of hydrogen-bond acceptors (Lipinski definition) is 1. The number of halogens is 3. The lowest BCUT2D eigenvalue weighted by Gasteiger charge is -2.29. The van der Waals surface area contributed by atoms with Gasteiger partial charge in [-0.25, -0.2) is 0 Å². The Labute approximate surface area is 137 Å². The normalized spacial score (nSPS) is 22.3. The molecule has 0 aromatic heterocycles. The summed E-state index contributed by atoms with van der Waals surface area (Å²) >= 11 is 0. The van der Waals surface area contributed by atoms with Crippen LogP contribution in [0.3, 0.4) is 0 Å². The van der Waals surface area contributed by atoms with Gasteiger partial charge in [-0.2, -0.15) is 0 Å². The van der Waals surface area contributed by atoms with Crippen molar-refractivity contribution in [3.8, 4) is 0 Å². The molecule has 1 saturated carbocycles. The van der Waals surface area contributed by atoms with Gasteiger partial charge in [0, 0.05) is 0 Å². The van der Waals surface area contributed by atoms with Crippen molar-refractivity contribution in [1.29, 1.82) is 0 Å². The Morgan fingerprint density at radius 2 is 1.65 bits per heavy atom. The van der Waals surface area contributed by atoms with Crippen LogP contribution >= 0.6 is 0 Å². The average Bonchev–Trinajstić information content (AvgIpc) is 2.54.